The van der Waals surface area contributed by atoms with Crippen LogP contribution in [0.15, 0.2) is 30.5 Å². The average molecular weight is 273 g/mol. The van der Waals surface area contributed by atoms with E-state index in [0.717, 1.165) is 11.6 Å². The first-order valence-electron chi connectivity index (χ1n) is 6.82. The summed E-state index contributed by atoms with van der Waals surface area (Å²) >= 11 is 1.76. The van der Waals surface area contributed by atoms with Crippen molar-refractivity contribution < 1.29 is 0 Å². The van der Waals surface area contributed by atoms with Crippen LogP contribution in [0.2, 0.25) is 0 Å². The summed E-state index contributed by atoms with van der Waals surface area (Å²) in [6.45, 7) is 5.26. The van der Waals surface area contributed by atoms with E-state index in [0.29, 0.717) is 0 Å². The zero-order chi connectivity index (χ0) is 13.1. The second-order valence-electron chi connectivity index (χ2n) is 4.91. The number of rotatable bonds is 4. The summed E-state index contributed by atoms with van der Waals surface area (Å²) in [5.41, 5.74) is 2.57. The first-order chi connectivity index (χ1) is 9.33. The number of aryl methyl sites for hydroxylation is 1. The van der Waals surface area contributed by atoms with Gasteiger partial charge in [0.05, 0.1) is 22.9 Å². The predicted octanol–water partition coefficient (Wildman–Crippen LogP) is 3.66. The van der Waals surface area contributed by atoms with Crippen LogP contribution in [-0.2, 0) is 6.54 Å². The van der Waals surface area contributed by atoms with Crippen molar-refractivity contribution in [2.75, 3.05) is 23.3 Å². The molecule has 0 amide bonds. The van der Waals surface area contributed by atoms with Gasteiger partial charge in [-0.05, 0) is 31.9 Å². The Hall–Kier alpha value is -1.55. The van der Waals surface area contributed by atoms with E-state index < -0.39 is 0 Å². The number of hydrogen-bond acceptors (Lipinski definition) is 4. The van der Waals surface area contributed by atoms with Crippen molar-refractivity contribution in [1.82, 2.24) is 4.98 Å². The van der Waals surface area contributed by atoms with Crippen LogP contribution in [0.3, 0.4) is 0 Å². The lowest BCUT2D eigenvalue weighted by Crippen LogP contribution is -2.19. The van der Waals surface area contributed by atoms with E-state index >= 15 is 0 Å². The van der Waals surface area contributed by atoms with Gasteiger partial charge >= 0.3 is 0 Å². The van der Waals surface area contributed by atoms with Crippen molar-refractivity contribution in [1.29, 1.82) is 0 Å². The molecule has 3 rings (SSSR count). The van der Waals surface area contributed by atoms with E-state index in [-0.39, 0.29) is 0 Å². The smallest absolute Gasteiger partial charge is 0.0897 e. The molecule has 0 radical (unpaired) electrons. The quantitative estimate of drug-likeness (QED) is 0.921. The standard InChI is InChI=1S/C15H19N3S/c1-12-16-10-13(19-12)11-17-14-6-2-3-7-15(14)18-8-4-5-9-18/h2-3,6-7,10,17H,4-5,8-9,11H2,1H3. The van der Waals surface area contributed by atoms with Crippen LogP contribution in [0.4, 0.5) is 11.4 Å². The molecule has 0 unspecified atom stereocenters. The third kappa shape index (κ3) is 2.89. The lowest BCUT2D eigenvalue weighted by molar-refractivity contribution is 0.949. The fourth-order valence-electron chi connectivity index (χ4n) is 2.53. The molecule has 1 N–H and O–H groups in total. The molecule has 0 atom stereocenters. The number of anilines is 2. The molecule has 19 heavy (non-hydrogen) atoms. The minimum atomic E-state index is 0.858. The van der Waals surface area contributed by atoms with Gasteiger partial charge in [0.1, 0.15) is 0 Å². The molecule has 4 heteroatoms. The highest BCUT2D eigenvalue weighted by atomic mass is 32.1. The van der Waals surface area contributed by atoms with Gasteiger partial charge in [0.25, 0.3) is 0 Å². The molecule has 1 aliphatic heterocycles. The average Bonchev–Trinajstić information content (AvgIpc) is 3.08. The molecule has 1 aliphatic rings. The number of nitrogens with zero attached hydrogens (tertiary/aromatic N) is 2. The zero-order valence-corrected chi connectivity index (χ0v) is 12.0. The van der Waals surface area contributed by atoms with Gasteiger partial charge in [-0.2, -0.15) is 0 Å². The Morgan fingerprint density at radius 1 is 1.26 bits per heavy atom. The van der Waals surface area contributed by atoms with Crippen LogP contribution in [0.1, 0.15) is 22.7 Å². The monoisotopic (exact) mass is 273 g/mol. The largest absolute Gasteiger partial charge is 0.378 e. The van der Waals surface area contributed by atoms with Gasteiger partial charge in [-0.3, -0.25) is 0 Å². The highest BCUT2D eigenvalue weighted by Crippen LogP contribution is 2.29. The Morgan fingerprint density at radius 2 is 2.05 bits per heavy atom. The summed E-state index contributed by atoms with van der Waals surface area (Å²) < 4.78 is 0. The maximum atomic E-state index is 4.30. The molecule has 0 spiro atoms. The lowest BCUT2D eigenvalue weighted by Gasteiger charge is -2.21. The zero-order valence-electron chi connectivity index (χ0n) is 11.2. The van der Waals surface area contributed by atoms with Gasteiger partial charge in [0.2, 0.25) is 0 Å². The molecule has 1 saturated heterocycles. The van der Waals surface area contributed by atoms with Gasteiger partial charge in [-0.25, -0.2) is 4.98 Å². The van der Waals surface area contributed by atoms with E-state index in [1.807, 2.05) is 13.1 Å². The summed E-state index contributed by atoms with van der Waals surface area (Å²) in [5, 5.41) is 4.68. The number of aromatic nitrogens is 1. The summed E-state index contributed by atoms with van der Waals surface area (Å²) in [7, 11) is 0. The molecule has 0 bridgehead atoms. The molecule has 0 saturated carbocycles. The van der Waals surface area contributed by atoms with Crippen molar-refractivity contribution in [3.05, 3.63) is 40.3 Å². The SMILES string of the molecule is Cc1ncc(CNc2ccccc2N2CCCC2)s1. The van der Waals surface area contributed by atoms with Gasteiger partial charge in [-0.1, -0.05) is 12.1 Å². The first-order valence-corrected chi connectivity index (χ1v) is 7.64. The fraction of sp³-hybridized carbons (Fsp3) is 0.400. The van der Waals surface area contributed by atoms with E-state index in [9.17, 15) is 0 Å². The molecule has 100 valence electrons. The number of benzene rings is 1. The lowest BCUT2D eigenvalue weighted by atomic mass is 10.2. The van der Waals surface area contributed by atoms with E-state index in [4.69, 9.17) is 0 Å². The molecular weight excluding hydrogens is 254 g/mol. The molecule has 2 heterocycles. The summed E-state index contributed by atoms with van der Waals surface area (Å²) in [6, 6.07) is 8.60. The van der Waals surface area contributed by atoms with E-state index in [1.165, 1.54) is 42.2 Å². The van der Waals surface area contributed by atoms with Crippen molar-refractivity contribution in [3.63, 3.8) is 0 Å². The molecule has 1 aromatic carbocycles. The Kier molecular flexibility index (Phi) is 3.69. The van der Waals surface area contributed by atoms with E-state index in [1.54, 1.807) is 11.3 Å². The second-order valence-corrected chi connectivity index (χ2v) is 6.23. The molecule has 3 nitrogen and oxygen atoms in total. The van der Waals surface area contributed by atoms with Crippen LogP contribution in [0.5, 0.6) is 0 Å². The van der Waals surface area contributed by atoms with Gasteiger partial charge < -0.3 is 10.2 Å². The Morgan fingerprint density at radius 3 is 2.79 bits per heavy atom. The van der Waals surface area contributed by atoms with Gasteiger partial charge in [0, 0.05) is 24.2 Å². The second kappa shape index (κ2) is 5.61. The molecule has 0 aliphatic carbocycles. The van der Waals surface area contributed by atoms with Gasteiger partial charge in [0.15, 0.2) is 0 Å². The van der Waals surface area contributed by atoms with E-state index in [2.05, 4.69) is 39.5 Å². The number of nitrogens with one attached hydrogen (secondary N) is 1. The third-order valence-corrected chi connectivity index (χ3v) is 4.39. The maximum absolute atomic E-state index is 4.30. The molecule has 1 aromatic heterocycles. The predicted molar refractivity (Wildman–Crippen MR) is 82.1 cm³/mol. The highest BCUT2D eigenvalue weighted by Gasteiger charge is 2.15. The van der Waals surface area contributed by atoms with Crippen molar-refractivity contribution >= 4 is 22.7 Å². The van der Waals surface area contributed by atoms with Crippen LogP contribution in [0, 0.1) is 6.92 Å². The van der Waals surface area contributed by atoms with Crippen LogP contribution in [0.25, 0.3) is 0 Å². The topological polar surface area (TPSA) is 28.2 Å². The van der Waals surface area contributed by atoms with Crippen molar-refractivity contribution in [3.8, 4) is 0 Å². The number of para-hydroxylation sites is 2. The Balaban J connectivity index is 1.73. The van der Waals surface area contributed by atoms with Crippen LogP contribution in [-0.4, -0.2) is 18.1 Å². The van der Waals surface area contributed by atoms with Gasteiger partial charge in [-0.15, -0.1) is 11.3 Å². The van der Waals surface area contributed by atoms with Crippen molar-refractivity contribution in [2.45, 2.75) is 26.3 Å². The van der Waals surface area contributed by atoms with Crippen LogP contribution >= 0.6 is 11.3 Å². The summed E-state index contributed by atoms with van der Waals surface area (Å²) in [6.07, 6.45) is 4.58. The normalized spacial score (nSPS) is 14.9. The highest BCUT2D eigenvalue weighted by molar-refractivity contribution is 7.11. The minimum absolute atomic E-state index is 0.858. The molecule has 2 aromatic rings. The molecule has 1 fully saturated rings. The maximum Gasteiger partial charge on any atom is 0.0897 e. The minimum Gasteiger partial charge on any atom is -0.378 e. The molecular formula is C15H19N3S. The van der Waals surface area contributed by atoms with Crippen LogP contribution < -0.4 is 10.2 Å². The Bertz CT molecular complexity index is 544. The Labute approximate surface area is 118 Å². The number of hydrogen-bond donors (Lipinski definition) is 1. The summed E-state index contributed by atoms with van der Waals surface area (Å²) in [4.78, 5) is 8.06. The third-order valence-electron chi connectivity index (χ3n) is 3.47. The summed E-state index contributed by atoms with van der Waals surface area (Å²) in [5.74, 6) is 0. The van der Waals surface area contributed by atoms with Crippen molar-refractivity contribution in [2.24, 2.45) is 0 Å². The first kappa shape index (κ1) is 12.5. The number of thiazole rings is 1. The fourth-order valence-corrected chi connectivity index (χ4v) is 3.26.